The van der Waals surface area contributed by atoms with Crippen molar-refractivity contribution in [3.05, 3.63) is 40.4 Å². The molecule has 17 heavy (non-hydrogen) atoms. The third-order valence-corrected chi connectivity index (χ3v) is 3.03. The minimum absolute atomic E-state index is 0.0787. The molecule has 1 aromatic carbocycles. The SMILES string of the molecule is Cc1ccc(Cl)c(/C=C/COC(=O)C2CC2)c1. The van der Waals surface area contributed by atoms with Gasteiger partial charge in [0, 0.05) is 5.02 Å². The van der Waals surface area contributed by atoms with Gasteiger partial charge in [0.1, 0.15) is 6.61 Å². The van der Waals surface area contributed by atoms with Crippen molar-refractivity contribution < 1.29 is 9.53 Å². The van der Waals surface area contributed by atoms with E-state index in [0.717, 1.165) is 24.0 Å². The van der Waals surface area contributed by atoms with E-state index in [4.69, 9.17) is 16.3 Å². The number of hydrogen-bond acceptors (Lipinski definition) is 2. The van der Waals surface area contributed by atoms with Gasteiger partial charge in [-0.05, 0) is 37.5 Å². The first-order chi connectivity index (χ1) is 8.16. The lowest BCUT2D eigenvalue weighted by atomic mass is 10.1. The second-order valence-corrected chi connectivity index (χ2v) is 4.74. The quantitative estimate of drug-likeness (QED) is 0.763. The van der Waals surface area contributed by atoms with E-state index < -0.39 is 0 Å². The molecule has 0 bridgehead atoms. The molecular formula is C14H15ClO2. The summed E-state index contributed by atoms with van der Waals surface area (Å²) in [5.41, 5.74) is 2.11. The Morgan fingerprint density at radius 1 is 1.53 bits per heavy atom. The van der Waals surface area contributed by atoms with Crippen LogP contribution >= 0.6 is 11.6 Å². The molecule has 0 spiro atoms. The highest BCUT2D eigenvalue weighted by molar-refractivity contribution is 6.32. The van der Waals surface area contributed by atoms with Crippen molar-refractivity contribution in [2.75, 3.05) is 6.61 Å². The molecule has 0 atom stereocenters. The zero-order valence-electron chi connectivity index (χ0n) is 9.78. The van der Waals surface area contributed by atoms with Crippen LogP contribution in [0.2, 0.25) is 5.02 Å². The summed E-state index contributed by atoms with van der Waals surface area (Å²) in [5, 5.41) is 0.709. The van der Waals surface area contributed by atoms with Crippen molar-refractivity contribution in [1.29, 1.82) is 0 Å². The number of aryl methyl sites for hydroxylation is 1. The standard InChI is InChI=1S/C14H15ClO2/c1-10-4-7-13(15)12(9-10)3-2-8-17-14(16)11-5-6-11/h2-4,7,9,11H,5-6,8H2,1H3/b3-2+. The first kappa shape index (κ1) is 12.2. The monoisotopic (exact) mass is 250 g/mol. The van der Waals surface area contributed by atoms with E-state index in [1.165, 1.54) is 0 Å². The lowest BCUT2D eigenvalue weighted by molar-refractivity contribution is -0.143. The van der Waals surface area contributed by atoms with Crippen molar-refractivity contribution in [2.24, 2.45) is 5.92 Å². The number of esters is 1. The minimum atomic E-state index is -0.0787. The third-order valence-electron chi connectivity index (χ3n) is 2.68. The zero-order chi connectivity index (χ0) is 12.3. The van der Waals surface area contributed by atoms with Crippen molar-refractivity contribution in [3.63, 3.8) is 0 Å². The molecule has 1 saturated carbocycles. The molecule has 0 unspecified atom stereocenters. The Hall–Kier alpha value is -1.28. The number of ether oxygens (including phenoxy) is 1. The average Bonchev–Trinajstić information content (AvgIpc) is 3.12. The molecule has 1 aromatic rings. The van der Waals surface area contributed by atoms with Crippen LogP contribution in [0.25, 0.3) is 6.08 Å². The predicted molar refractivity (Wildman–Crippen MR) is 68.9 cm³/mol. The van der Waals surface area contributed by atoms with Gasteiger partial charge in [-0.3, -0.25) is 4.79 Å². The molecule has 0 radical (unpaired) electrons. The summed E-state index contributed by atoms with van der Waals surface area (Å²) in [5.74, 6) is 0.0796. The molecule has 0 saturated heterocycles. The fraction of sp³-hybridized carbons (Fsp3) is 0.357. The van der Waals surface area contributed by atoms with Gasteiger partial charge in [-0.1, -0.05) is 35.4 Å². The number of benzene rings is 1. The van der Waals surface area contributed by atoms with E-state index in [0.29, 0.717) is 11.6 Å². The van der Waals surface area contributed by atoms with Gasteiger partial charge < -0.3 is 4.74 Å². The summed E-state index contributed by atoms with van der Waals surface area (Å²) < 4.78 is 5.09. The maximum Gasteiger partial charge on any atom is 0.309 e. The summed E-state index contributed by atoms with van der Waals surface area (Å²) in [6.07, 6.45) is 5.66. The zero-order valence-corrected chi connectivity index (χ0v) is 10.5. The van der Waals surface area contributed by atoms with Crippen LogP contribution in [-0.4, -0.2) is 12.6 Å². The normalized spacial score (nSPS) is 15.2. The van der Waals surface area contributed by atoms with Gasteiger partial charge in [-0.25, -0.2) is 0 Å². The molecule has 1 aliphatic carbocycles. The molecule has 3 heteroatoms. The van der Waals surface area contributed by atoms with Crippen molar-refractivity contribution in [3.8, 4) is 0 Å². The van der Waals surface area contributed by atoms with Gasteiger partial charge in [0.2, 0.25) is 0 Å². The van der Waals surface area contributed by atoms with Gasteiger partial charge in [-0.15, -0.1) is 0 Å². The predicted octanol–water partition coefficient (Wildman–Crippen LogP) is 3.61. The lowest BCUT2D eigenvalue weighted by Gasteiger charge is -2.01. The number of rotatable bonds is 4. The summed E-state index contributed by atoms with van der Waals surface area (Å²) in [4.78, 5) is 11.3. The van der Waals surface area contributed by atoms with Gasteiger partial charge in [0.25, 0.3) is 0 Å². The van der Waals surface area contributed by atoms with Crippen LogP contribution in [-0.2, 0) is 9.53 Å². The van der Waals surface area contributed by atoms with Crippen molar-refractivity contribution >= 4 is 23.6 Å². The van der Waals surface area contributed by atoms with E-state index in [-0.39, 0.29) is 11.9 Å². The smallest absolute Gasteiger partial charge is 0.309 e. The second kappa shape index (κ2) is 5.37. The van der Waals surface area contributed by atoms with Crippen LogP contribution in [0.5, 0.6) is 0 Å². The van der Waals surface area contributed by atoms with E-state index in [2.05, 4.69) is 0 Å². The van der Waals surface area contributed by atoms with Crippen molar-refractivity contribution in [2.45, 2.75) is 19.8 Å². The van der Waals surface area contributed by atoms with Crippen LogP contribution in [0.1, 0.15) is 24.0 Å². The molecule has 0 heterocycles. The highest BCUT2D eigenvalue weighted by Crippen LogP contribution is 2.30. The Bertz CT molecular complexity index is 448. The fourth-order valence-corrected chi connectivity index (χ4v) is 1.71. The molecule has 0 N–H and O–H groups in total. The van der Waals surface area contributed by atoms with Crippen LogP contribution in [0.4, 0.5) is 0 Å². The first-order valence-electron chi connectivity index (χ1n) is 5.76. The topological polar surface area (TPSA) is 26.3 Å². The van der Waals surface area contributed by atoms with Gasteiger partial charge in [-0.2, -0.15) is 0 Å². The molecule has 0 amide bonds. The van der Waals surface area contributed by atoms with E-state index in [1.54, 1.807) is 0 Å². The molecule has 2 nitrogen and oxygen atoms in total. The summed E-state index contributed by atoms with van der Waals surface area (Å²) in [6, 6.07) is 5.83. The maximum absolute atomic E-state index is 11.3. The summed E-state index contributed by atoms with van der Waals surface area (Å²) in [6.45, 7) is 2.33. The van der Waals surface area contributed by atoms with Crippen LogP contribution in [0.15, 0.2) is 24.3 Å². The van der Waals surface area contributed by atoms with Crippen LogP contribution in [0.3, 0.4) is 0 Å². The number of hydrogen-bond donors (Lipinski definition) is 0. The van der Waals surface area contributed by atoms with E-state index in [9.17, 15) is 4.79 Å². The highest BCUT2D eigenvalue weighted by Gasteiger charge is 2.30. The van der Waals surface area contributed by atoms with Gasteiger partial charge in [0.15, 0.2) is 0 Å². The van der Waals surface area contributed by atoms with Crippen molar-refractivity contribution in [1.82, 2.24) is 0 Å². The Morgan fingerprint density at radius 3 is 3.00 bits per heavy atom. The third kappa shape index (κ3) is 3.60. The Morgan fingerprint density at radius 2 is 2.29 bits per heavy atom. The van der Waals surface area contributed by atoms with E-state index >= 15 is 0 Å². The minimum Gasteiger partial charge on any atom is -0.461 e. The lowest BCUT2D eigenvalue weighted by Crippen LogP contribution is -2.05. The van der Waals surface area contributed by atoms with E-state index in [1.807, 2.05) is 37.3 Å². The highest BCUT2D eigenvalue weighted by atomic mass is 35.5. The number of carbonyl (C=O) groups excluding carboxylic acids is 1. The number of carbonyl (C=O) groups is 1. The first-order valence-corrected chi connectivity index (χ1v) is 6.14. The largest absolute Gasteiger partial charge is 0.461 e. The molecule has 0 aliphatic heterocycles. The second-order valence-electron chi connectivity index (χ2n) is 4.33. The molecular weight excluding hydrogens is 236 g/mol. The molecule has 90 valence electrons. The maximum atomic E-state index is 11.3. The summed E-state index contributed by atoms with van der Waals surface area (Å²) >= 11 is 6.04. The molecule has 1 aliphatic rings. The summed E-state index contributed by atoms with van der Waals surface area (Å²) in [7, 11) is 0. The van der Waals surface area contributed by atoms with Gasteiger partial charge >= 0.3 is 5.97 Å². The average molecular weight is 251 g/mol. The van der Waals surface area contributed by atoms with Crippen LogP contribution in [0, 0.1) is 12.8 Å². The Balaban J connectivity index is 1.86. The Kier molecular flexibility index (Phi) is 3.85. The molecule has 2 rings (SSSR count). The van der Waals surface area contributed by atoms with Crippen LogP contribution < -0.4 is 0 Å². The molecule has 1 fully saturated rings. The van der Waals surface area contributed by atoms with Gasteiger partial charge in [0.05, 0.1) is 5.92 Å². The number of halogens is 1. The Labute approximate surface area is 106 Å². The molecule has 0 aromatic heterocycles. The fourth-order valence-electron chi connectivity index (χ4n) is 1.53.